The van der Waals surface area contributed by atoms with E-state index in [1.807, 2.05) is 13.8 Å². The van der Waals surface area contributed by atoms with Gasteiger partial charge in [0.2, 0.25) is 5.95 Å². The van der Waals surface area contributed by atoms with E-state index in [1.54, 1.807) is 16.7 Å². The predicted octanol–water partition coefficient (Wildman–Crippen LogP) is 1.59. The first-order valence-corrected chi connectivity index (χ1v) is 7.64. The molecule has 0 spiro atoms. The Morgan fingerprint density at radius 2 is 1.96 bits per heavy atom. The van der Waals surface area contributed by atoms with Gasteiger partial charge >= 0.3 is 5.69 Å². The number of benzene rings is 1. The van der Waals surface area contributed by atoms with Gasteiger partial charge in [-0.25, -0.2) is 14.6 Å². The molecule has 1 aromatic carbocycles. The highest BCUT2D eigenvalue weighted by Gasteiger charge is 2.18. The monoisotopic (exact) mass is 344 g/mol. The summed E-state index contributed by atoms with van der Waals surface area (Å²) in [4.78, 5) is 30.5. The number of hydrogen-bond donors (Lipinski definition) is 2. The Morgan fingerprint density at radius 1 is 1.28 bits per heavy atom. The quantitative estimate of drug-likeness (QED) is 0.555. The largest absolute Gasteiger partial charge is 0.329 e. The molecule has 9 heteroatoms. The van der Waals surface area contributed by atoms with Crippen molar-refractivity contribution in [2.24, 2.45) is 12.1 Å². The number of anilines is 1. The number of H-pyrrole nitrogens is 1. The van der Waals surface area contributed by atoms with Crippen molar-refractivity contribution in [1.29, 1.82) is 0 Å². The number of imidazole rings is 1. The summed E-state index contributed by atoms with van der Waals surface area (Å²) in [5, 5.41) is 4.08. The van der Waals surface area contributed by atoms with E-state index in [-0.39, 0.29) is 23.0 Å². The molecule has 25 heavy (non-hydrogen) atoms. The van der Waals surface area contributed by atoms with Crippen LogP contribution in [-0.2, 0) is 7.05 Å². The lowest BCUT2D eigenvalue weighted by Crippen LogP contribution is -2.29. The van der Waals surface area contributed by atoms with Crippen LogP contribution in [0, 0.1) is 5.82 Å². The zero-order valence-corrected chi connectivity index (χ0v) is 13.9. The number of nitrogens with zero attached hydrogens (tertiary/aromatic N) is 4. The fourth-order valence-electron chi connectivity index (χ4n) is 2.50. The third-order valence-corrected chi connectivity index (χ3v) is 3.72. The van der Waals surface area contributed by atoms with Gasteiger partial charge in [0.15, 0.2) is 11.2 Å². The van der Waals surface area contributed by atoms with Crippen LogP contribution in [0.2, 0.25) is 0 Å². The number of hydrazone groups is 1. The zero-order chi connectivity index (χ0) is 18.1. The van der Waals surface area contributed by atoms with E-state index in [2.05, 4.69) is 20.5 Å². The van der Waals surface area contributed by atoms with Crippen molar-refractivity contribution >= 4 is 23.3 Å². The van der Waals surface area contributed by atoms with Crippen molar-refractivity contribution in [3.05, 3.63) is 56.5 Å². The predicted molar refractivity (Wildman–Crippen MR) is 93.6 cm³/mol. The maximum Gasteiger partial charge on any atom is 0.329 e. The van der Waals surface area contributed by atoms with Gasteiger partial charge in [0, 0.05) is 13.1 Å². The van der Waals surface area contributed by atoms with Gasteiger partial charge in [-0.05, 0) is 31.5 Å². The average molecular weight is 344 g/mol. The molecule has 0 radical (unpaired) electrons. The molecule has 0 saturated heterocycles. The Labute approximate surface area is 141 Å². The summed E-state index contributed by atoms with van der Waals surface area (Å²) in [6.45, 7) is 3.78. The molecule has 130 valence electrons. The number of aromatic nitrogens is 4. The summed E-state index contributed by atoms with van der Waals surface area (Å²) >= 11 is 0. The second-order valence-corrected chi connectivity index (χ2v) is 5.81. The zero-order valence-electron chi connectivity index (χ0n) is 13.9. The normalized spacial score (nSPS) is 11.7. The van der Waals surface area contributed by atoms with Crippen molar-refractivity contribution in [2.45, 2.75) is 19.9 Å². The van der Waals surface area contributed by atoms with Crippen molar-refractivity contribution in [2.75, 3.05) is 5.43 Å². The number of rotatable bonds is 4. The molecule has 0 aliphatic heterocycles. The van der Waals surface area contributed by atoms with Gasteiger partial charge in [0.1, 0.15) is 5.82 Å². The number of halogens is 1. The van der Waals surface area contributed by atoms with Gasteiger partial charge < -0.3 is 4.57 Å². The van der Waals surface area contributed by atoms with Crippen LogP contribution in [0.5, 0.6) is 0 Å². The van der Waals surface area contributed by atoms with E-state index in [0.29, 0.717) is 11.5 Å². The van der Waals surface area contributed by atoms with Crippen LogP contribution in [-0.4, -0.2) is 25.3 Å². The van der Waals surface area contributed by atoms with E-state index in [4.69, 9.17) is 0 Å². The Kier molecular flexibility index (Phi) is 4.22. The van der Waals surface area contributed by atoms with E-state index in [9.17, 15) is 14.0 Å². The van der Waals surface area contributed by atoms with Gasteiger partial charge in [-0.15, -0.1) is 0 Å². The maximum absolute atomic E-state index is 12.9. The van der Waals surface area contributed by atoms with Gasteiger partial charge in [0.25, 0.3) is 5.56 Å². The Morgan fingerprint density at radius 3 is 2.60 bits per heavy atom. The molecule has 0 atom stereocenters. The summed E-state index contributed by atoms with van der Waals surface area (Å²) in [7, 11) is 1.53. The van der Waals surface area contributed by atoms with Crippen molar-refractivity contribution < 1.29 is 4.39 Å². The Balaban J connectivity index is 2.04. The standard InChI is InChI=1S/C16H17FN6O2/c1-9(2)23-12-13(22(3)16(25)20-14(12)24)19-15(23)21-18-8-10-4-6-11(17)7-5-10/h4-9H,1-3H3,(H,19,21)(H,20,24,25)/b18-8-. The van der Waals surface area contributed by atoms with Gasteiger partial charge in [-0.2, -0.15) is 10.1 Å². The van der Waals surface area contributed by atoms with Gasteiger partial charge in [-0.1, -0.05) is 12.1 Å². The second-order valence-electron chi connectivity index (χ2n) is 5.81. The van der Waals surface area contributed by atoms with Gasteiger partial charge in [-0.3, -0.25) is 14.3 Å². The third kappa shape index (κ3) is 3.08. The molecular formula is C16H17FN6O2. The van der Waals surface area contributed by atoms with Gasteiger partial charge in [0.05, 0.1) is 6.21 Å². The number of aryl methyl sites for hydroxylation is 1. The number of fused-ring (bicyclic) bond motifs is 1. The first kappa shape index (κ1) is 16.6. The summed E-state index contributed by atoms with van der Waals surface area (Å²) < 4.78 is 15.8. The first-order chi connectivity index (χ1) is 11.9. The molecule has 3 rings (SSSR count). The Hall–Kier alpha value is -3.23. The number of aromatic amines is 1. The second kappa shape index (κ2) is 6.34. The molecule has 0 amide bonds. The van der Waals surface area contributed by atoms with Crippen LogP contribution in [0.15, 0.2) is 39.0 Å². The number of nitrogens with one attached hydrogen (secondary N) is 2. The minimum Gasteiger partial charge on any atom is -0.300 e. The molecule has 3 aromatic rings. The number of hydrogen-bond acceptors (Lipinski definition) is 5. The fourth-order valence-corrected chi connectivity index (χ4v) is 2.50. The van der Waals surface area contributed by atoms with Crippen LogP contribution in [0.4, 0.5) is 10.3 Å². The highest BCUT2D eigenvalue weighted by Crippen LogP contribution is 2.20. The lowest BCUT2D eigenvalue weighted by molar-refractivity contribution is 0.620. The first-order valence-electron chi connectivity index (χ1n) is 7.64. The summed E-state index contributed by atoms with van der Waals surface area (Å²) in [5.74, 6) is 0.00177. The molecule has 8 nitrogen and oxygen atoms in total. The van der Waals surface area contributed by atoms with Crippen molar-refractivity contribution in [3.63, 3.8) is 0 Å². The lowest BCUT2D eigenvalue weighted by atomic mass is 10.2. The molecule has 0 aliphatic rings. The highest BCUT2D eigenvalue weighted by atomic mass is 19.1. The molecular weight excluding hydrogens is 327 g/mol. The summed E-state index contributed by atoms with van der Waals surface area (Å²) in [5.41, 5.74) is 3.00. The summed E-state index contributed by atoms with van der Waals surface area (Å²) in [6.07, 6.45) is 1.51. The third-order valence-electron chi connectivity index (χ3n) is 3.72. The fraction of sp³-hybridized carbons (Fsp3) is 0.250. The Bertz CT molecular complexity index is 1060. The van der Waals surface area contributed by atoms with Crippen LogP contribution >= 0.6 is 0 Å². The molecule has 2 N–H and O–H groups in total. The van der Waals surface area contributed by atoms with E-state index in [0.717, 1.165) is 0 Å². The van der Waals surface area contributed by atoms with E-state index in [1.165, 1.54) is 30.0 Å². The molecule has 2 aromatic heterocycles. The molecule has 0 aliphatic carbocycles. The average Bonchev–Trinajstić information content (AvgIpc) is 2.95. The SMILES string of the molecule is CC(C)n1c(N/N=C\c2ccc(F)cc2)nc2c1c(=O)[nH]c(=O)n2C. The topological polar surface area (TPSA) is 97.1 Å². The summed E-state index contributed by atoms with van der Waals surface area (Å²) in [6, 6.07) is 5.74. The smallest absolute Gasteiger partial charge is 0.300 e. The minimum atomic E-state index is -0.535. The van der Waals surface area contributed by atoms with Crippen LogP contribution < -0.4 is 16.7 Å². The molecule has 0 fully saturated rings. The molecule has 0 unspecified atom stereocenters. The lowest BCUT2D eigenvalue weighted by Gasteiger charge is -2.11. The van der Waals surface area contributed by atoms with Crippen LogP contribution in [0.3, 0.4) is 0 Å². The highest BCUT2D eigenvalue weighted by molar-refractivity contribution is 5.80. The van der Waals surface area contributed by atoms with E-state index >= 15 is 0 Å². The van der Waals surface area contributed by atoms with E-state index < -0.39 is 11.2 Å². The minimum absolute atomic E-state index is 0.0906. The maximum atomic E-state index is 12.9. The van der Waals surface area contributed by atoms with Crippen LogP contribution in [0.1, 0.15) is 25.5 Å². The molecule has 2 heterocycles. The van der Waals surface area contributed by atoms with Crippen molar-refractivity contribution in [1.82, 2.24) is 19.1 Å². The molecule has 0 saturated carbocycles. The van der Waals surface area contributed by atoms with Crippen molar-refractivity contribution in [3.8, 4) is 0 Å². The molecule has 0 bridgehead atoms. The van der Waals surface area contributed by atoms with Crippen LogP contribution in [0.25, 0.3) is 11.2 Å².